The Morgan fingerprint density at radius 1 is 0.933 bits per heavy atom. The predicted molar refractivity (Wildman–Crippen MR) is 120 cm³/mol. The van der Waals surface area contributed by atoms with Crippen molar-refractivity contribution in [3.8, 4) is 23.6 Å². The monoisotopic (exact) mass is 421 g/mol. The van der Waals surface area contributed by atoms with Gasteiger partial charge < -0.3 is 14.4 Å². The van der Waals surface area contributed by atoms with Crippen LogP contribution in [0.25, 0.3) is 0 Å². The minimum absolute atomic E-state index is 0.0816. The number of nitrogens with zero attached hydrogens (tertiary/aromatic N) is 3. The Morgan fingerprint density at radius 3 is 2.07 bits per heavy atom. The highest BCUT2D eigenvalue weighted by atomic mass is 32.2. The third kappa shape index (κ3) is 3.80. The van der Waals surface area contributed by atoms with E-state index in [1.807, 2.05) is 39.8 Å². The van der Waals surface area contributed by atoms with E-state index in [4.69, 9.17) is 9.47 Å². The first-order valence-electron chi connectivity index (χ1n) is 10.4. The zero-order valence-electron chi connectivity index (χ0n) is 18.2. The Kier molecular flexibility index (Phi) is 6.80. The Balaban J connectivity index is 2.39. The first kappa shape index (κ1) is 21.9. The van der Waals surface area contributed by atoms with Crippen molar-refractivity contribution >= 4 is 23.1 Å². The average molecular weight is 422 g/mol. The van der Waals surface area contributed by atoms with Gasteiger partial charge >= 0.3 is 0 Å². The van der Waals surface area contributed by atoms with Crippen LogP contribution in [0.5, 0.6) is 11.5 Å². The van der Waals surface area contributed by atoms with Gasteiger partial charge in [0.1, 0.15) is 29.0 Å². The van der Waals surface area contributed by atoms with Gasteiger partial charge in [-0.25, -0.2) is 0 Å². The van der Waals surface area contributed by atoms with Crippen molar-refractivity contribution in [3.63, 3.8) is 0 Å². The summed E-state index contributed by atoms with van der Waals surface area (Å²) in [5.41, 5.74) is 2.37. The molecule has 0 N–H and O–H groups in total. The number of para-hydroxylation sites is 1. The van der Waals surface area contributed by atoms with Gasteiger partial charge in [-0.15, -0.1) is 0 Å². The number of anilines is 2. The van der Waals surface area contributed by atoms with E-state index < -0.39 is 0 Å². The first-order valence-corrected chi connectivity index (χ1v) is 11.2. The number of hydrogen-bond acceptors (Lipinski definition) is 6. The van der Waals surface area contributed by atoms with Crippen molar-refractivity contribution in [1.29, 1.82) is 10.5 Å². The van der Waals surface area contributed by atoms with Crippen LogP contribution in [0.3, 0.4) is 0 Å². The zero-order chi connectivity index (χ0) is 21.8. The summed E-state index contributed by atoms with van der Waals surface area (Å²) in [5, 5.41) is 20.0. The molecule has 2 unspecified atom stereocenters. The van der Waals surface area contributed by atoms with Crippen LogP contribution in [0.15, 0.2) is 34.1 Å². The molecule has 5 nitrogen and oxygen atoms in total. The van der Waals surface area contributed by atoms with Crippen LogP contribution in [0.2, 0.25) is 0 Å². The molecule has 0 aromatic heterocycles. The molecule has 0 bridgehead atoms. The Bertz CT molecular complexity index is 1020. The molecule has 3 rings (SSSR count). The molecule has 1 heterocycles. The van der Waals surface area contributed by atoms with Gasteiger partial charge in [0.15, 0.2) is 11.5 Å². The van der Waals surface area contributed by atoms with E-state index in [2.05, 4.69) is 36.1 Å². The SMILES string of the molecule is CCC(C)Oc1c(C#N)c(C#N)c(OC(C)CC)c2c1Sc1ccccc1N2CC. The summed E-state index contributed by atoms with van der Waals surface area (Å²) in [4.78, 5) is 4.08. The number of fused-ring (bicyclic) bond motifs is 2. The van der Waals surface area contributed by atoms with Gasteiger partial charge in [0.25, 0.3) is 0 Å². The molecule has 0 aliphatic carbocycles. The minimum atomic E-state index is -0.0880. The van der Waals surface area contributed by atoms with Crippen molar-refractivity contribution in [1.82, 2.24) is 0 Å². The second kappa shape index (κ2) is 9.32. The zero-order valence-corrected chi connectivity index (χ0v) is 19.0. The molecule has 2 aromatic rings. The molecule has 30 heavy (non-hydrogen) atoms. The molecule has 0 saturated heterocycles. The fourth-order valence-corrected chi connectivity index (χ4v) is 4.54. The number of ether oxygens (including phenoxy) is 2. The lowest BCUT2D eigenvalue weighted by Crippen LogP contribution is -2.24. The lowest BCUT2D eigenvalue weighted by Gasteiger charge is -2.35. The van der Waals surface area contributed by atoms with Crippen LogP contribution in [0.4, 0.5) is 11.4 Å². The highest BCUT2D eigenvalue weighted by Gasteiger charge is 2.35. The fraction of sp³-hybridized carbons (Fsp3) is 0.417. The van der Waals surface area contributed by atoms with Gasteiger partial charge in [0.05, 0.1) is 22.8 Å². The Morgan fingerprint density at radius 2 is 1.50 bits per heavy atom. The van der Waals surface area contributed by atoms with Gasteiger partial charge in [0, 0.05) is 11.4 Å². The minimum Gasteiger partial charge on any atom is -0.488 e. The molecule has 2 aromatic carbocycles. The topological polar surface area (TPSA) is 69.3 Å². The summed E-state index contributed by atoms with van der Waals surface area (Å²) in [6, 6.07) is 12.6. The Labute approximate surface area is 183 Å². The van der Waals surface area contributed by atoms with E-state index in [0.29, 0.717) is 18.0 Å². The largest absolute Gasteiger partial charge is 0.488 e. The van der Waals surface area contributed by atoms with E-state index >= 15 is 0 Å². The highest BCUT2D eigenvalue weighted by molar-refractivity contribution is 7.99. The second-order valence-electron chi connectivity index (χ2n) is 7.30. The molecule has 6 heteroatoms. The maximum atomic E-state index is 10.0. The highest BCUT2D eigenvalue weighted by Crippen LogP contribution is 2.58. The molecule has 0 radical (unpaired) electrons. The lowest BCUT2D eigenvalue weighted by atomic mass is 10.0. The second-order valence-corrected chi connectivity index (χ2v) is 8.35. The van der Waals surface area contributed by atoms with Gasteiger partial charge in [-0.1, -0.05) is 37.7 Å². The number of benzene rings is 2. The van der Waals surface area contributed by atoms with E-state index in [1.165, 1.54) is 0 Å². The van der Waals surface area contributed by atoms with Crippen molar-refractivity contribution in [2.45, 2.75) is 69.5 Å². The quantitative estimate of drug-likeness (QED) is 0.515. The third-order valence-corrected chi connectivity index (χ3v) is 6.45. The summed E-state index contributed by atoms with van der Waals surface area (Å²) < 4.78 is 12.5. The van der Waals surface area contributed by atoms with Gasteiger partial charge in [-0.05, 0) is 45.7 Å². The van der Waals surface area contributed by atoms with Gasteiger partial charge in [-0.3, -0.25) is 0 Å². The van der Waals surface area contributed by atoms with Crippen LogP contribution in [0.1, 0.15) is 58.6 Å². The van der Waals surface area contributed by atoms with Crippen molar-refractivity contribution < 1.29 is 9.47 Å². The third-order valence-electron chi connectivity index (χ3n) is 5.31. The molecular weight excluding hydrogens is 394 g/mol. The summed E-state index contributed by atoms with van der Waals surface area (Å²) in [5.74, 6) is 0.951. The summed E-state index contributed by atoms with van der Waals surface area (Å²) in [6.45, 7) is 10.8. The predicted octanol–water partition coefficient (Wildman–Crippen LogP) is 6.41. The molecule has 2 atom stereocenters. The maximum Gasteiger partial charge on any atom is 0.163 e. The number of rotatable bonds is 7. The van der Waals surface area contributed by atoms with Crippen LogP contribution in [-0.4, -0.2) is 18.8 Å². The van der Waals surface area contributed by atoms with E-state index in [9.17, 15) is 10.5 Å². The molecule has 1 aliphatic rings. The van der Waals surface area contributed by atoms with Crippen molar-refractivity contribution in [2.75, 3.05) is 11.4 Å². The van der Waals surface area contributed by atoms with Crippen LogP contribution in [0, 0.1) is 22.7 Å². The van der Waals surface area contributed by atoms with Crippen LogP contribution < -0.4 is 14.4 Å². The first-order chi connectivity index (χ1) is 14.5. The fourth-order valence-electron chi connectivity index (χ4n) is 3.34. The maximum absolute atomic E-state index is 10.0. The average Bonchev–Trinajstić information content (AvgIpc) is 2.78. The summed E-state index contributed by atoms with van der Waals surface area (Å²) >= 11 is 1.57. The van der Waals surface area contributed by atoms with Crippen LogP contribution in [-0.2, 0) is 0 Å². The Hall–Kier alpha value is -2.83. The van der Waals surface area contributed by atoms with Gasteiger partial charge in [0.2, 0.25) is 0 Å². The van der Waals surface area contributed by atoms with E-state index in [-0.39, 0.29) is 23.3 Å². The summed E-state index contributed by atoms with van der Waals surface area (Å²) in [6.07, 6.45) is 1.42. The molecule has 156 valence electrons. The van der Waals surface area contributed by atoms with Crippen LogP contribution >= 0.6 is 11.8 Å². The molecule has 0 amide bonds. The lowest BCUT2D eigenvalue weighted by molar-refractivity contribution is 0.205. The van der Waals surface area contributed by atoms with Crippen molar-refractivity contribution in [3.05, 3.63) is 35.4 Å². The molecule has 1 aliphatic heterocycles. The molecule has 0 saturated carbocycles. The number of hydrogen-bond donors (Lipinski definition) is 0. The normalized spacial score (nSPS) is 14.0. The molecule has 0 spiro atoms. The molecular formula is C24H27N3O2S. The van der Waals surface area contributed by atoms with E-state index in [1.54, 1.807) is 11.8 Å². The smallest absolute Gasteiger partial charge is 0.163 e. The summed E-state index contributed by atoms with van der Waals surface area (Å²) in [7, 11) is 0. The van der Waals surface area contributed by atoms with E-state index in [0.717, 1.165) is 34.0 Å². The van der Waals surface area contributed by atoms with Crippen molar-refractivity contribution in [2.24, 2.45) is 0 Å². The molecule has 0 fully saturated rings. The standard InChI is InChI=1S/C24H27N3O2S/c1-6-15(4)28-22-17(13-25)18(14-26)23(29-16(5)7-2)24-21(22)27(8-3)19-11-9-10-12-20(19)30-24/h9-12,15-16H,6-8H2,1-5H3. The van der Waals surface area contributed by atoms with Gasteiger partial charge in [-0.2, -0.15) is 10.5 Å². The number of nitriles is 2.